The number of carbonyl (C=O) groups is 1. The zero-order chi connectivity index (χ0) is 31.6. The Labute approximate surface area is 270 Å². The molecule has 1 saturated heterocycles. The van der Waals surface area contributed by atoms with E-state index >= 15 is 0 Å². The first-order valence-corrected chi connectivity index (χ1v) is 17.0. The fourth-order valence-electron chi connectivity index (χ4n) is 6.28. The Morgan fingerprint density at radius 2 is 1.78 bits per heavy atom. The zero-order valence-corrected chi connectivity index (χ0v) is 27.9. The molecular formula is C37H54N2O6. The Hall–Kier alpha value is -2.81. The summed E-state index contributed by atoms with van der Waals surface area (Å²) < 4.78 is 29.4. The number of benzene rings is 2. The molecule has 2 heterocycles. The van der Waals surface area contributed by atoms with Crippen LogP contribution in [-0.4, -0.2) is 82.4 Å². The van der Waals surface area contributed by atoms with Gasteiger partial charge in [-0.15, -0.1) is 0 Å². The van der Waals surface area contributed by atoms with Crippen LogP contribution >= 0.6 is 0 Å². The molecule has 1 saturated carbocycles. The average molecular weight is 623 g/mol. The molecule has 8 nitrogen and oxygen atoms in total. The number of piperidine rings is 1. The molecule has 2 aromatic rings. The predicted molar refractivity (Wildman–Crippen MR) is 177 cm³/mol. The molecule has 0 bridgehead atoms. The smallest absolute Gasteiger partial charge is 0.410 e. The van der Waals surface area contributed by atoms with Gasteiger partial charge in [0.15, 0.2) is 0 Å². The maximum absolute atomic E-state index is 13.0. The largest absolute Gasteiger partial charge is 0.494 e. The number of carbonyl (C=O) groups excluding carboxylic acids is 1. The number of nitrogens with zero attached hydrogens (tertiary/aromatic N) is 2. The average Bonchev–Trinajstić information content (AvgIpc) is 3.86. The Morgan fingerprint density at radius 3 is 2.53 bits per heavy atom. The third-order valence-electron chi connectivity index (χ3n) is 8.88. The summed E-state index contributed by atoms with van der Waals surface area (Å²) in [6.45, 7) is 12.5. The van der Waals surface area contributed by atoms with E-state index in [1.54, 1.807) is 12.0 Å². The molecule has 0 aromatic heterocycles. The molecule has 1 amide bonds. The van der Waals surface area contributed by atoms with Crippen LogP contribution < -0.4 is 9.64 Å². The van der Waals surface area contributed by atoms with Gasteiger partial charge in [0.2, 0.25) is 0 Å². The van der Waals surface area contributed by atoms with E-state index in [1.165, 1.54) is 36.1 Å². The minimum atomic E-state index is -0.540. The lowest BCUT2D eigenvalue weighted by atomic mass is 9.87. The predicted octanol–water partition coefficient (Wildman–Crippen LogP) is 6.98. The first kappa shape index (κ1) is 33.6. The molecule has 248 valence electrons. The minimum Gasteiger partial charge on any atom is -0.494 e. The highest BCUT2D eigenvalue weighted by Gasteiger charge is 2.35. The summed E-state index contributed by atoms with van der Waals surface area (Å²) in [4.78, 5) is 17.3. The molecule has 0 radical (unpaired) electrons. The van der Waals surface area contributed by atoms with Gasteiger partial charge in [-0.3, -0.25) is 0 Å². The number of amides is 1. The van der Waals surface area contributed by atoms with Crippen molar-refractivity contribution in [2.75, 3.05) is 64.6 Å². The number of hydrogen-bond acceptors (Lipinski definition) is 7. The lowest BCUT2D eigenvalue weighted by Crippen LogP contribution is -2.48. The number of likely N-dealkylation sites (tertiary alicyclic amines) is 1. The first-order valence-electron chi connectivity index (χ1n) is 17.0. The van der Waals surface area contributed by atoms with Crippen LogP contribution in [0, 0.1) is 5.92 Å². The summed E-state index contributed by atoms with van der Waals surface area (Å²) >= 11 is 0. The van der Waals surface area contributed by atoms with Crippen LogP contribution in [0.25, 0.3) is 0 Å². The summed E-state index contributed by atoms with van der Waals surface area (Å²) in [6.07, 6.45) is 7.20. The molecular weight excluding hydrogens is 568 g/mol. The topological polar surface area (TPSA) is 69.7 Å². The van der Waals surface area contributed by atoms with Gasteiger partial charge in [0, 0.05) is 64.6 Å². The second-order valence-electron chi connectivity index (χ2n) is 13.9. The molecule has 2 aromatic carbocycles. The van der Waals surface area contributed by atoms with Gasteiger partial charge < -0.3 is 33.5 Å². The minimum absolute atomic E-state index is 0.157. The van der Waals surface area contributed by atoms with Gasteiger partial charge >= 0.3 is 6.09 Å². The number of methoxy groups -OCH3 is 1. The number of fused-ring (bicyclic) bond motifs is 1. The Balaban J connectivity index is 1.22. The summed E-state index contributed by atoms with van der Waals surface area (Å²) in [5.74, 6) is 1.83. The van der Waals surface area contributed by atoms with Crippen molar-refractivity contribution in [2.45, 2.75) is 89.9 Å². The van der Waals surface area contributed by atoms with Gasteiger partial charge in [-0.25, -0.2) is 4.79 Å². The van der Waals surface area contributed by atoms with E-state index in [-0.39, 0.29) is 18.1 Å². The van der Waals surface area contributed by atoms with Crippen LogP contribution in [0.3, 0.4) is 0 Å². The number of anilines is 1. The van der Waals surface area contributed by atoms with Crippen molar-refractivity contribution in [3.8, 4) is 5.75 Å². The normalized spacial score (nSPS) is 20.2. The van der Waals surface area contributed by atoms with Crippen molar-refractivity contribution in [1.29, 1.82) is 0 Å². The van der Waals surface area contributed by atoms with E-state index in [1.807, 2.05) is 20.8 Å². The highest BCUT2D eigenvalue weighted by Crippen LogP contribution is 2.34. The molecule has 5 rings (SSSR count). The van der Waals surface area contributed by atoms with E-state index in [2.05, 4.69) is 47.4 Å². The molecule has 1 aliphatic carbocycles. The maximum Gasteiger partial charge on any atom is 0.410 e. The Kier molecular flexibility index (Phi) is 12.0. The van der Waals surface area contributed by atoms with Crippen molar-refractivity contribution in [2.24, 2.45) is 5.92 Å². The van der Waals surface area contributed by atoms with Gasteiger partial charge in [0.1, 0.15) is 11.4 Å². The molecule has 3 aliphatic rings. The van der Waals surface area contributed by atoms with E-state index < -0.39 is 5.60 Å². The van der Waals surface area contributed by atoms with Crippen molar-refractivity contribution in [3.05, 3.63) is 59.2 Å². The van der Waals surface area contributed by atoms with Crippen LogP contribution in [0.4, 0.5) is 10.5 Å². The Bertz CT molecular complexity index is 1210. The monoisotopic (exact) mass is 622 g/mol. The molecule has 8 heteroatoms. The molecule has 0 spiro atoms. The molecule has 2 atom stereocenters. The summed E-state index contributed by atoms with van der Waals surface area (Å²) in [6, 6.07) is 15.2. The van der Waals surface area contributed by atoms with Gasteiger partial charge in [-0.05, 0) is 100 Å². The quantitative estimate of drug-likeness (QED) is 0.199. The van der Waals surface area contributed by atoms with Crippen molar-refractivity contribution < 1.29 is 28.5 Å². The zero-order valence-electron chi connectivity index (χ0n) is 27.9. The third kappa shape index (κ3) is 10.3. The second kappa shape index (κ2) is 16.1. The molecule has 45 heavy (non-hydrogen) atoms. The van der Waals surface area contributed by atoms with Crippen molar-refractivity contribution in [1.82, 2.24) is 4.90 Å². The number of rotatable bonds is 15. The number of aryl methyl sites for hydroxylation is 1. The van der Waals surface area contributed by atoms with Crippen molar-refractivity contribution >= 4 is 11.8 Å². The second-order valence-corrected chi connectivity index (χ2v) is 13.9. The number of ether oxygens (including phenoxy) is 5. The highest BCUT2D eigenvalue weighted by molar-refractivity contribution is 5.68. The van der Waals surface area contributed by atoms with Crippen molar-refractivity contribution in [3.63, 3.8) is 0 Å². The standard InChI is InChI=1S/C37H54N2O6/c1-37(2,3)45-36(40)39-20-17-33(30-13-15-32(16-14-30)43-23-7-22-42-26-28-9-10-28)35(25-39)44-27-29-11-12-31-8-5-18-38(34(31)24-29)19-6-21-41-4/h11-16,24,28,33,35H,5-10,17-23,25-27H2,1-4H3. The molecule has 2 aliphatic heterocycles. The summed E-state index contributed by atoms with van der Waals surface area (Å²) in [5.41, 5.74) is 4.55. The van der Waals surface area contributed by atoms with Crippen LogP contribution in [0.5, 0.6) is 5.75 Å². The van der Waals surface area contributed by atoms with Gasteiger partial charge in [-0.1, -0.05) is 24.3 Å². The van der Waals surface area contributed by atoms with Crippen LogP contribution in [0.1, 0.15) is 81.9 Å². The summed E-state index contributed by atoms with van der Waals surface area (Å²) in [7, 11) is 1.76. The molecule has 0 N–H and O–H groups in total. The fraction of sp³-hybridized carbons (Fsp3) is 0.649. The summed E-state index contributed by atoms with van der Waals surface area (Å²) in [5, 5.41) is 0. The van der Waals surface area contributed by atoms with Gasteiger partial charge in [0.25, 0.3) is 0 Å². The Morgan fingerprint density at radius 1 is 0.956 bits per heavy atom. The van der Waals surface area contributed by atoms with E-state index in [4.69, 9.17) is 23.7 Å². The highest BCUT2D eigenvalue weighted by atomic mass is 16.6. The first-order chi connectivity index (χ1) is 21.8. The van der Waals surface area contributed by atoms with Crippen LogP contribution in [0.2, 0.25) is 0 Å². The van der Waals surface area contributed by atoms with Crippen LogP contribution in [-0.2, 0) is 32.0 Å². The van der Waals surface area contributed by atoms with Gasteiger partial charge in [-0.2, -0.15) is 0 Å². The van der Waals surface area contributed by atoms with E-state index in [0.29, 0.717) is 26.3 Å². The maximum atomic E-state index is 13.0. The lowest BCUT2D eigenvalue weighted by Gasteiger charge is -2.39. The fourth-order valence-corrected chi connectivity index (χ4v) is 6.28. The van der Waals surface area contributed by atoms with E-state index in [0.717, 1.165) is 75.8 Å². The van der Waals surface area contributed by atoms with Gasteiger partial charge in [0.05, 0.1) is 25.9 Å². The third-order valence-corrected chi connectivity index (χ3v) is 8.88. The lowest BCUT2D eigenvalue weighted by molar-refractivity contribution is -0.0359. The molecule has 2 fully saturated rings. The van der Waals surface area contributed by atoms with Crippen LogP contribution in [0.15, 0.2) is 42.5 Å². The SMILES string of the molecule is COCCCN1CCCc2ccc(COC3CN(C(=O)OC(C)(C)C)CCC3c3ccc(OCCCOCC4CC4)cc3)cc21. The van der Waals surface area contributed by atoms with E-state index in [9.17, 15) is 4.79 Å². The number of hydrogen-bond donors (Lipinski definition) is 0. The molecule has 2 unspecified atom stereocenters.